The number of hydrogen-bond acceptors (Lipinski definition) is 9. The number of nitrogens with one attached hydrogen (secondary N) is 3. The van der Waals surface area contributed by atoms with Crippen molar-refractivity contribution in [2.24, 2.45) is 0 Å². The predicted molar refractivity (Wildman–Crippen MR) is 152 cm³/mol. The molecule has 0 aliphatic carbocycles. The first-order valence-corrected chi connectivity index (χ1v) is 13.4. The quantitative estimate of drug-likeness (QED) is 0.203. The maximum absolute atomic E-state index is 10.6. The molecule has 4 N–H and O–H groups in total. The van der Waals surface area contributed by atoms with Crippen LogP contribution < -0.4 is 15.4 Å². The summed E-state index contributed by atoms with van der Waals surface area (Å²) in [5, 5.41) is 13.9. The summed E-state index contributed by atoms with van der Waals surface area (Å²) in [6.07, 6.45) is 2.83. The maximum atomic E-state index is 10.6. The number of alkyl halides is 3. The lowest BCUT2D eigenvalue weighted by molar-refractivity contribution is -0.192. The molecule has 1 saturated heterocycles. The van der Waals surface area contributed by atoms with Gasteiger partial charge in [-0.2, -0.15) is 13.2 Å². The van der Waals surface area contributed by atoms with Crippen molar-refractivity contribution in [1.82, 2.24) is 35.2 Å². The highest BCUT2D eigenvalue weighted by Gasteiger charge is 2.38. The van der Waals surface area contributed by atoms with E-state index in [1.165, 1.54) is 0 Å². The van der Waals surface area contributed by atoms with Crippen molar-refractivity contribution in [3.8, 4) is 23.0 Å². The lowest BCUT2D eigenvalue weighted by Crippen LogP contribution is -2.38. The minimum atomic E-state index is -5.08. The summed E-state index contributed by atoms with van der Waals surface area (Å²) in [6, 6.07) is 18.1. The van der Waals surface area contributed by atoms with Gasteiger partial charge in [0.2, 0.25) is 11.8 Å². The average Bonchev–Trinajstić information content (AvgIpc) is 3.41. The van der Waals surface area contributed by atoms with E-state index in [2.05, 4.69) is 40.5 Å². The molecule has 1 aliphatic rings. The number of aromatic amines is 1. The van der Waals surface area contributed by atoms with Crippen molar-refractivity contribution in [1.29, 1.82) is 0 Å². The van der Waals surface area contributed by atoms with E-state index >= 15 is 0 Å². The van der Waals surface area contributed by atoms with E-state index in [0.717, 1.165) is 48.4 Å². The predicted octanol–water partition coefficient (Wildman–Crippen LogP) is 4.99. The van der Waals surface area contributed by atoms with E-state index < -0.39 is 12.1 Å². The minimum absolute atomic E-state index is 0.310. The Morgan fingerprint density at radius 1 is 1.00 bits per heavy atom. The Morgan fingerprint density at radius 3 is 2.49 bits per heavy atom. The molecular formula is C29H27F3N8O3. The van der Waals surface area contributed by atoms with Crippen molar-refractivity contribution in [3.63, 3.8) is 0 Å². The molecule has 1 aliphatic heterocycles. The van der Waals surface area contributed by atoms with E-state index in [0.29, 0.717) is 41.4 Å². The van der Waals surface area contributed by atoms with Crippen LogP contribution in [0.2, 0.25) is 0 Å². The Morgan fingerprint density at radius 2 is 1.77 bits per heavy atom. The van der Waals surface area contributed by atoms with E-state index in [-0.39, 0.29) is 0 Å². The number of imidazole rings is 1. The van der Waals surface area contributed by atoms with Crippen LogP contribution in [-0.2, 0) is 11.2 Å². The molecule has 11 nitrogen and oxygen atoms in total. The fourth-order valence-corrected chi connectivity index (χ4v) is 4.36. The second kappa shape index (κ2) is 13.2. The Hall–Kier alpha value is -5.11. The Labute approximate surface area is 243 Å². The fourth-order valence-electron chi connectivity index (χ4n) is 4.36. The molecule has 4 heterocycles. The number of ether oxygens (including phenoxy) is 1. The summed E-state index contributed by atoms with van der Waals surface area (Å²) < 4.78 is 37.9. The molecule has 0 bridgehead atoms. The number of carbonyl (C=O) groups is 1. The number of halogens is 3. The van der Waals surface area contributed by atoms with Crippen LogP contribution in [0.4, 0.5) is 19.1 Å². The van der Waals surface area contributed by atoms with Gasteiger partial charge >= 0.3 is 12.1 Å². The molecule has 0 radical (unpaired) electrons. The van der Waals surface area contributed by atoms with Crippen LogP contribution in [0, 0.1) is 0 Å². The number of fused-ring (bicyclic) bond motifs is 1. The zero-order chi connectivity index (χ0) is 30.2. The summed E-state index contributed by atoms with van der Waals surface area (Å²) in [6.45, 7) is 1.96. The number of nitrogens with zero attached hydrogens (tertiary/aromatic N) is 5. The van der Waals surface area contributed by atoms with Crippen LogP contribution in [0.1, 0.15) is 24.2 Å². The monoisotopic (exact) mass is 592 g/mol. The van der Waals surface area contributed by atoms with Crippen molar-refractivity contribution >= 4 is 23.0 Å². The standard InChI is InChI=1S/C27H26N8O.C2HF3O2/c1-2-6-22-21(5-1)33-24(34-22)16-18-7-9-20(10-8-18)36-26-25(29-14-15-30-26)23-11-13-31-27(35-23)32-19-4-3-12-28-17-19;3-2(4,5)1(6)7/h1-2,5-11,13-15,19,28H,3-4,12,16-17H2,(H,33,34)(H,31,32,35);(H,6,7)/t19-;/m0./s1. The van der Waals surface area contributed by atoms with Gasteiger partial charge in [-0.1, -0.05) is 24.3 Å². The topological polar surface area (TPSA) is 151 Å². The second-order valence-electron chi connectivity index (χ2n) is 9.59. The number of carboxylic acid groups (broad SMARTS) is 1. The van der Waals surface area contributed by atoms with Gasteiger partial charge in [-0.3, -0.25) is 0 Å². The first-order valence-electron chi connectivity index (χ1n) is 13.4. The largest absolute Gasteiger partial charge is 0.490 e. The zero-order valence-electron chi connectivity index (χ0n) is 22.7. The van der Waals surface area contributed by atoms with Gasteiger partial charge in [-0.25, -0.2) is 29.7 Å². The van der Waals surface area contributed by atoms with Crippen LogP contribution in [0.25, 0.3) is 22.4 Å². The molecule has 43 heavy (non-hydrogen) atoms. The molecule has 1 atom stereocenters. The van der Waals surface area contributed by atoms with Crippen molar-refractivity contribution < 1.29 is 27.8 Å². The number of aromatic nitrogens is 6. The summed E-state index contributed by atoms with van der Waals surface area (Å²) in [5.74, 6) is -0.184. The van der Waals surface area contributed by atoms with Gasteiger partial charge in [0, 0.05) is 37.6 Å². The molecule has 5 aromatic rings. The molecular weight excluding hydrogens is 565 g/mol. The molecule has 2 aromatic carbocycles. The fraction of sp³-hybridized carbons (Fsp3) is 0.241. The third-order valence-corrected chi connectivity index (χ3v) is 6.38. The van der Waals surface area contributed by atoms with Gasteiger partial charge in [0.15, 0.2) is 5.69 Å². The van der Waals surface area contributed by atoms with E-state index in [4.69, 9.17) is 14.6 Å². The zero-order valence-corrected chi connectivity index (χ0v) is 22.7. The first-order chi connectivity index (χ1) is 20.7. The lowest BCUT2D eigenvalue weighted by Gasteiger charge is -2.23. The van der Waals surface area contributed by atoms with Crippen LogP contribution in [-0.4, -0.2) is 66.3 Å². The molecule has 222 valence electrons. The van der Waals surface area contributed by atoms with E-state index in [1.807, 2.05) is 54.6 Å². The summed E-state index contributed by atoms with van der Waals surface area (Å²) in [4.78, 5) is 34.9. The van der Waals surface area contributed by atoms with Gasteiger partial charge in [0.25, 0.3) is 0 Å². The van der Waals surface area contributed by atoms with Crippen LogP contribution in [0.5, 0.6) is 11.6 Å². The third kappa shape index (κ3) is 8.01. The van der Waals surface area contributed by atoms with Crippen molar-refractivity contribution in [2.75, 3.05) is 18.4 Å². The van der Waals surface area contributed by atoms with E-state index in [1.54, 1.807) is 18.6 Å². The van der Waals surface area contributed by atoms with Gasteiger partial charge in [0.1, 0.15) is 11.6 Å². The molecule has 0 saturated carbocycles. The number of rotatable bonds is 7. The lowest BCUT2D eigenvalue weighted by atomic mass is 10.1. The van der Waals surface area contributed by atoms with Gasteiger partial charge < -0.3 is 25.5 Å². The number of benzene rings is 2. The third-order valence-electron chi connectivity index (χ3n) is 6.38. The summed E-state index contributed by atoms with van der Waals surface area (Å²) in [7, 11) is 0. The van der Waals surface area contributed by atoms with Gasteiger partial charge in [0.05, 0.1) is 16.7 Å². The van der Waals surface area contributed by atoms with Crippen LogP contribution in [0.15, 0.2) is 73.2 Å². The number of carboxylic acids is 1. The average molecular weight is 593 g/mol. The molecule has 6 rings (SSSR count). The molecule has 3 aromatic heterocycles. The highest BCUT2D eigenvalue weighted by molar-refractivity contribution is 5.75. The molecule has 0 spiro atoms. The number of H-pyrrole nitrogens is 1. The Balaban J connectivity index is 0.000000472. The second-order valence-corrected chi connectivity index (χ2v) is 9.59. The van der Waals surface area contributed by atoms with Gasteiger partial charge in [-0.15, -0.1) is 0 Å². The number of hydrogen-bond donors (Lipinski definition) is 4. The normalized spacial score (nSPS) is 14.9. The number of anilines is 1. The SMILES string of the molecule is O=C(O)C(F)(F)F.c1ccc2[nH]c(Cc3ccc(Oc4nccnc4-c4ccnc(N[C@H]5CCCNC5)n4)cc3)nc2c1. The van der Waals surface area contributed by atoms with Gasteiger partial charge in [-0.05, 0) is 55.3 Å². The Kier molecular flexibility index (Phi) is 9.05. The summed E-state index contributed by atoms with van der Waals surface area (Å²) >= 11 is 0. The molecule has 14 heteroatoms. The molecule has 0 amide bonds. The summed E-state index contributed by atoms with van der Waals surface area (Å²) in [5.41, 5.74) is 4.36. The molecule has 0 unspecified atom stereocenters. The smallest absolute Gasteiger partial charge is 0.475 e. The van der Waals surface area contributed by atoms with Crippen molar-refractivity contribution in [2.45, 2.75) is 31.5 Å². The number of para-hydroxylation sites is 2. The number of piperidine rings is 1. The minimum Gasteiger partial charge on any atom is -0.475 e. The first kappa shape index (κ1) is 29.4. The van der Waals surface area contributed by atoms with Crippen molar-refractivity contribution in [3.05, 3.63) is 84.6 Å². The number of aliphatic carboxylic acids is 1. The highest BCUT2D eigenvalue weighted by atomic mass is 19.4. The van der Waals surface area contributed by atoms with Crippen LogP contribution in [0.3, 0.4) is 0 Å². The van der Waals surface area contributed by atoms with Crippen LogP contribution >= 0.6 is 0 Å². The Bertz CT molecular complexity index is 1640. The maximum Gasteiger partial charge on any atom is 0.490 e. The molecule has 1 fully saturated rings. The highest BCUT2D eigenvalue weighted by Crippen LogP contribution is 2.29. The van der Waals surface area contributed by atoms with E-state index in [9.17, 15) is 13.2 Å².